The van der Waals surface area contributed by atoms with Gasteiger partial charge in [0.25, 0.3) is 0 Å². The van der Waals surface area contributed by atoms with Crippen molar-refractivity contribution in [2.45, 2.75) is 25.3 Å². The number of anilines is 1. The summed E-state index contributed by atoms with van der Waals surface area (Å²) in [5, 5.41) is 4.98. The molecule has 1 aromatic heterocycles. The Kier molecular flexibility index (Phi) is 4.61. The van der Waals surface area contributed by atoms with Crippen molar-refractivity contribution in [3.8, 4) is 0 Å². The number of para-hydroxylation sites is 1. The maximum atomic E-state index is 12.9. The van der Waals surface area contributed by atoms with Crippen LogP contribution in [-0.4, -0.2) is 51.8 Å². The molecule has 1 atom stereocenters. The number of piperidine rings is 1. The lowest BCUT2D eigenvalue weighted by Gasteiger charge is -2.33. The summed E-state index contributed by atoms with van der Waals surface area (Å²) < 4.78 is 1.91. The second-order valence-corrected chi connectivity index (χ2v) is 7.22. The van der Waals surface area contributed by atoms with Gasteiger partial charge in [0.2, 0.25) is 5.91 Å². The molecule has 7 heteroatoms. The molecule has 3 heterocycles. The summed E-state index contributed by atoms with van der Waals surface area (Å²) in [6.07, 6.45) is 6.11. The molecule has 25 heavy (non-hydrogen) atoms. The van der Waals surface area contributed by atoms with Gasteiger partial charge < -0.3 is 9.80 Å². The Bertz CT molecular complexity index is 727. The van der Waals surface area contributed by atoms with Gasteiger partial charge in [-0.3, -0.25) is 4.79 Å². The number of aromatic nitrogens is 3. The van der Waals surface area contributed by atoms with E-state index < -0.39 is 0 Å². The highest BCUT2D eigenvalue weighted by Gasteiger charge is 2.34. The molecule has 132 valence electrons. The molecule has 0 N–H and O–H groups in total. The van der Waals surface area contributed by atoms with Gasteiger partial charge in [-0.1, -0.05) is 23.7 Å². The molecule has 2 saturated heterocycles. The minimum Gasteiger partial charge on any atom is -0.370 e. The minimum atomic E-state index is 0.0687. The Morgan fingerprint density at radius 3 is 2.64 bits per heavy atom. The number of hydrogen-bond donors (Lipinski definition) is 0. The molecule has 0 saturated carbocycles. The Labute approximate surface area is 152 Å². The maximum Gasteiger partial charge on any atom is 0.227 e. The van der Waals surface area contributed by atoms with E-state index in [0.29, 0.717) is 6.04 Å². The third kappa shape index (κ3) is 3.35. The molecule has 2 aliphatic rings. The van der Waals surface area contributed by atoms with Crippen LogP contribution >= 0.6 is 11.6 Å². The van der Waals surface area contributed by atoms with Gasteiger partial charge in [-0.25, -0.2) is 9.67 Å². The smallest absolute Gasteiger partial charge is 0.227 e. The molecule has 4 rings (SSSR count). The summed E-state index contributed by atoms with van der Waals surface area (Å²) in [4.78, 5) is 21.2. The van der Waals surface area contributed by atoms with Crippen molar-refractivity contribution < 1.29 is 4.79 Å². The summed E-state index contributed by atoms with van der Waals surface area (Å²) in [5.74, 6) is 0.353. The maximum absolute atomic E-state index is 12.9. The van der Waals surface area contributed by atoms with Crippen LogP contribution in [0.3, 0.4) is 0 Å². The Hall–Kier alpha value is -2.08. The van der Waals surface area contributed by atoms with Crippen LogP contribution in [0.5, 0.6) is 0 Å². The molecule has 1 amide bonds. The third-order valence-corrected chi connectivity index (χ3v) is 5.64. The SMILES string of the molecule is O=C([C@@H]1CCN(c2ccccc2Cl)C1)N1CCC(n2cncn2)CC1. The van der Waals surface area contributed by atoms with Gasteiger partial charge in [-0.15, -0.1) is 0 Å². The summed E-state index contributed by atoms with van der Waals surface area (Å²) in [6, 6.07) is 8.21. The summed E-state index contributed by atoms with van der Waals surface area (Å²) in [7, 11) is 0. The van der Waals surface area contributed by atoms with E-state index in [1.807, 2.05) is 33.8 Å². The summed E-state index contributed by atoms with van der Waals surface area (Å²) >= 11 is 6.29. The Morgan fingerprint density at radius 2 is 1.92 bits per heavy atom. The predicted octanol–water partition coefficient (Wildman–Crippen LogP) is 2.62. The first-order valence-electron chi connectivity index (χ1n) is 8.85. The van der Waals surface area contributed by atoms with Crippen molar-refractivity contribution in [3.05, 3.63) is 41.9 Å². The second-order valence-electron chi connectivity index (χ2n) is 6.81. The first kappa shape index (κ1) is 16.4. The Morgan fingerprint density at radius 1 is 1.12 bits per heavy atom. The molecular formula is C18H22ClN5O. The fourth-order valence-corrected chi connectivity index (χ4v) is 4.16. The number of carbonyl (C=O) groups is 1. The molecule has 2 aliphatic heterocycles. The molecule has 0 spiro atoms. The molecule has 1 aromatic carbocycles. The van der Waals surface area contributed by atoms with E-state index in [4.69, 9.17) is 11.6 Å². The number of hydrogen-bond acceptors (Lipinski definition) is 4. The molecule has 0 aliphatic carbocycles. The number of carbonyl (C=O) groups excluding carboxylic acids is 1. The van der Waals surface area contributed by atoms with Crippen LogP contribution in [0.15, 0.2) is 36.9 Å². The van der Waals surface area contributed by atoms with Crippen molar-refractivity contribution in [1.29, 1.82) is 0 Å². The topological polar surface area (TPSA) is 54.3 Å². The van der Waals surface area contributed by atoms with E-state index in [1.54, 1.807) is 12.7 Å². The van der Waals surface area contributed by atoms with Gasteiger partial charge in [0.1, 0.15) is 12.7 Å². The van der Waals surface area contributed by atoms with E-state index >= 15 is 0 Å². The lowest BCUT2D eigenvalue weighted by Crippen LogP contribution is -2.43. The molecule has 0 unspecified atom stereocenters. The van der Waals surface area contributed by atoms with E-state index in [2.05, 4.69) is 15.0 Å². The fraction of sp³-hybridized carbons (Fsp3) is 0.500. The standard InChI is InChI=1S/C18H22ClN5O/c19-16-3-1-2-4-17(16)23-8-5-14(11-23)18(25)22-9-6-15(7-10-22)24-13-20-12-21-24/h1-4,12-15H,5-11H2/t14-/m1/s1. The highest BCUT2D eigenvalue weighted by molar-refractivity contribution is 6.33. The summed E-state index contributed by atoms with van der Waals surface area (Å²) in [5.41, 5.74) is 1.03. The third-order valence-electron chi connectivity index (χ3n) is 5.32. The van der Waals surface area contributed by atoms with Crippen LogP contribution in [0, 0.1) is 5.92 Å². The zero-order valence-electron chi connectivity index (χ0n) is 14.1. The van der Waals surface area contributed by atoms with Crippen LogP contribution in [-0.2, 0) is 4.79 Å². The van der Waals surface area contributed by atoms with E-state index in [9.17, 15) is 4.79 Å². The van der Waals surface area contributed by atoms with Gasteiger partial charge in [0.15, 0.2) is 0 Å². The monoisotopic (exact) mass is 359 g/mol. The molecule has 2 fully saturated rings. The van der Waals surface area contributed by atoms with E-state index in [-0.39, 0.29) is 11.8 Å². The van der Waals surface area contributed by atoms with Gasteiger partial charge >= 0.3 is 0 Å². The quantitative estimate of drug-likeness (QED) is 0.845. The predicted molar refractivity (Wildman–Crippen MR) is 96.6 cm³/mol. The molecule has 0 bridgehead atoms. The van der Waals surface area contributed by atoms with Gasteiger partial charge in [0.05, 0.1) is 22.7 Å². The average molecular weight is 360 g/mol. The largest absolute Gasteiger partial charge is 0.370 e. The normalized spacial score (nSPS) is 21.7. The van der Waals surface area contributed by atoms with Gasteiger partial charge in [-0.2, -0.15) is 5.10 Å². The average Bonchev–Trinajstić information content (AvgIpc) is 3.34. The second kappa shape index (κ2) is 7.04. The molecule has 2 aromatic rings. The number of amides is 1. The number of rotatable bonds is 3. The van der Waals surface area contributed by atoms with Gasteiger partial charge in [-0.05, 0) is 31.4 Å². The Balaban J connectivity index is 1.34. The highest BCUT2D eigenvalue weighted by atomic mass is 35.5. The van der Waals surface area contributed by atoms with Crippen LogP contribution < -0.4 is 4.90 Å². The van der Waals surface area contributed by atoms with Crippen LogP contribution in [0.2, 0.25) is 5.02 Å². The number of benzene rings is 1. The summed E-state index contributed by atoms with van der Waals surface area (Å²) in [6.45, 7) is 3.24. The van der Waals surface area contributed by atoms with Crippen molar-refractivity contribution in [2.75, 3.05) is 31.1 Å². The van der Waals surface area contributed by atoms with E-state index in [0.717, 1.165) is 56.2 Å². The van der Waals surface area contributed by atoms with Crippen LogP contribution in [0.4, 0.5) is 5.69 Å². The number of halogens is 1. The van der Waals surface area contributed by atoms with E-state index in [1.165, 1.54) is 0 Å². The zero-order chi connectivity index (χ0) is 17.2. The fourth-order valence-electron chi connectivity index (χ4n) is 3.90. The molecule has 6 nitrogen and oxygen atoms in total. The molecular weight excluding hydrogens is 338 g/mol. The highest BCUT2D eigenvalue weighted by Crippen LogP contribution is 2.31. The van der Waals surface area contributed by atoms with Crippen LogP contribution in [0.25, 0.3) is 0 Å². The zero-order valence-corrected chi connectivity index (χ0v) is 14.8. The lowest BCUT2D eigenvalue weighted by atomic mass is 10.0. The van der Waals surface area contributed by atoms with Crippen molar-refractivity contribution in [1.82, 2.24) is 19.7 Å². The number of nitrogens with zero attached hydrogens (tertiary/aromatic N) is 5. The number of likely N-dealkylation sites (tertiary alicyclic amines) is 1. The van der Waals surface area contributed by atoms with Crippen molar-refractivity contribution in [2.24, 2.45) is 5.92 Å². The lowest BCUT2D eigenvalue weighted by molar-refractivity contribution is -0.136. The van der Waals surface area contributed by atoms with Crippen molar-refractivity contribution >= 4 is 23.2 Å². The molecule has 0 radical (unpaired) electrons. The van der Waals surface area contributed by atoms with Crippen molar-refractivity contribution in [3.63, 3.8) is 0 Å². The first-order chi connectivity index (χ1) is 12.2. The van der Waals surface area contributed by atoms with Gasteiger partial charge in [0, 0.05) is 26.2 Å². The minimum absolute atomic E-state index is 0.0687. The first-order valence-corrected chi connectivity index (χ1v) is 9.22. The van der Waals surface area contributed by atoms with Crippen LogP contribution in [0.1, 0.15) is 25.3 Å².